The lowest BCUT2D eigenvalue weighted by Crippen LogP contribution is -2.12. The van der Waals surface area contributed by atoms with Crippen LogP contribution in [0.4, 0.5) is 5.82 Å². The topological polar surface area (TPSA) is 29.9 Å². The monoisotopic (exact) mass is 353 g/mol. The summed E-state index contributed by atoms with van der Waals surface area (Å²) in [5.41, 5.74) is 2.30. The van der Waals surface area contributed by atoms with Gasteiger partial charge >= 0.3 is 0 Å². The Morgan fingerprint density at radius 1 is 1.04 bits per heavy atom. The molecule has 1 N–H and O–H groups in total. The predicted molar refractivity (Wildman–Crippen MR) is 111 cm³/mol. The predicted octanol–water partition coefficient (Wildman–Crippen LogP) is 6.33. The molecule has 1 fully saturated rings. The molecule has 0 aliphatic heterocycles. The molecule has 1 aromatic carbocycles. The van der Waals surface area contributed by atoms with Gasteiger partial charge in [-0.25, -0.2) is 4.68 Å². The number of nitrogens with one attached hydrogen (secondary N) is 1. The van der Waals surface area contributed by atoms with Gasteiger partial charge in [-0.3, -0.25) is 0 Å². The lowest BCUT2D eigenvalue weighted by atomic mass is 9.86. The molecule has 142 valence electrons. The molecule has 1 saturated carbocycles. The van der Waals surface area contributed by atoms with Crippen LogP contribution >= 0.6 is 0 Å². The summed E-state index contributed by atoms with van der Waals surface area (Å²) in [7, 11) is 0. The van der Waals surface area contributed by atoms with Crippen molar-refractivity contribution >= 4 is 5.82 Å². The van der Waals surface area contributed by atoms with Crippen LogP contribution in [0.1, 0.15) is 77.8 Å². The third-order valence-corrected chi connectivity index (χ3v) is 5.55. The van der Waals surface area contributed by atoms with Crippen molar-refractivity contribution in [3.63, 3.8) is 0 Å². The number of hydrogen-bond donors (Lipinski definition) is 1. The summed E-state index contributed by atoms with van der Waals surface area (Å²) < 4.78 is 2.06. The van der Waals surface area contributed by atoms with Crippen LogP contribution in [0.5, 0.6) is 0 Å². The highest BCUT2D eigenvalue weighted by molar-refractivity contribution is 5.47. The summed E-state index contributed by atoms with van der Waals surface area (Å²) in [5.74, 6) is 2.10. The van der Waals surface area contributed by atoms with E-state index in [1.165, 1.54) is 51.4 Å². The molecule has 26 heavy (non-hydrogen) atoms. The van der Waals surface area contributed by atoms with Gasteiger partial charge in [0, 0.05) is 18.0 Å². The fraction of sp³-hybridized carbons (Fsp3) is 0.609. The summed E-state index contributed by atoms with van der Waals surface area (Å²) in [4.78, 5) is 0. The van der Waals surface area contributed by atoms with Gasteiger partial charge in [0.1, 0.15) is 5.82 Å². The number of benzene rings is 1. The van der Waals surface area contributed by atoms with Crippen LogP contribution < -0.4 is 5.32 Å². The van der Waals surface area contributed by atoms with Crippen LogP contribution in [0.15, 0.2) is 36.4 Å². The first-order valence-electron chi connectivity index (χ1n) is 10.4. The first-order chi connectivity index (χ1) is 12.5. The van der Waals surface area contributed by atoms with Gasteiger partial charge in [0.25, 0.3) is 0 Å². The van der Waals surface area contributed by atoms with Crippen molar-refractivity contribution in [2.45, 2.75) is 77.6 Å². The smallest absolute Gasteiger partial charge is 0.130 e. The Labute approximate surface area is 159 Å². The van der Waals surface area contributed by atoms with Gasteiger partial charge in [-0.05, 0) is 24.5 Å². The van der Waals surface area contributed by atoms with Crippen LogP contribution in [0.25, 0.3) is 5.69 Å². The van der Waals surface area contributed by atoms with Crippen molar-refractivity contribution in [3.8, 4) is 5.69 Å². The molecule has 1 aliphatic carbocycles. The average Bonchev–Trinajstić information content (AvgIpc) is 3.08. The molecule has 3 nitrogen and oxygen atoms in total. The minimum Gasteiger partial charge on any atom is -0.370 e. The van der Waals surface area contributed by atoms with Gasteiger partial charge in [0.15, 0.2) is 0 Å². The van der Waals surface area contributed by atoms with E-state index in [1.807, 2.05) is 0 Å². The normalized spacial score (nSPS) is 16.0. The number of hydrogen-bond acceptors (Lipinski definition) is 2. The first kappa shape index (κ1) is 19.0. The van der Waals surface area contributed by atoms with E-state index in [0.717, 1.165) is 29.7 Å². The average molecular weight is 354 g/mol. The van der Waals surface area contributed by atoms with Crippen LogP contribution in [-0.2, 0) is 5.41 Å². The molecular weight excluding hydrogens is 318 g/mol. The zero-order valence-corrected chi connectivity index (χ0v) is 16.8. The molecule has 0 unspecified atom stereocenters. The van der Waals surface area contributed by atoms with E-state index < -0.39 is 0 Å². The summed E-state index contributed by atoms with van der Waals surface area (Å²) >= 11 is 0. The minimum atomic E-state index is 0.0530. The van der Waals surface area contributed by atoms with Crippen LogP contribution in [0, 0.1) is 5.92 Å². The molecule has 3 rings (SSSR count). The van der Waals surface area contributed by atoms with E-state index in [0.29, 0.717) is 0 Å². The van der Waals surface area contributed by atoms with Crippen LogP contribution in [0.3, 0.4) is 0 Å². The van der Waals surface area contributed by atoms with Gasteiger partial charge in [-0.1, -0.05) is 83.9 Å². The zero-order chi connectivity index (χ0) is 18.4. The molecule has 1 heterocycles. The highest BCUT2D eigenvalue weighted by Crippen LogP contribution is 2.28. The fourth-order valence-corrected chi connectivity index (χ4v) is 3.89. The summed E-state index contributed by atoms with van der Waals surface area (Å²) in [6.07, 6.45) is 11.3. The Balaban J connectivity index is 1.58. The van der Waals surface area contributed by atoms with E-state index in [9.17, 15) is 0 Å². The van der Waals surface area contributed by atoms with Gasteiger partial charge in [-0.2, -0.15) is 5.10 Å². The standard InChI is InChI=1S/C23H35N3/c1-23(2,3)21-18-22(26(25-21)20-15-8-5-9-16-20)24-17-11-10-14-19-12-6-4-7-13-19/h5,8-9,15-16,18-19,24H,4,6-7,10-14,17H2,1-3H3. The second-order valence-corrected chi connectivity index (χ2v) is 8.84. The van der Waals surface area contributed by atoms with E-state index in [1.54, 1.807) is 0 Å². The molecule has 3 heteroatoms. The SMILES string of the molecule is CC(C)(C)c1cc(NCCCCC2CCCCC2)n(-c2ccccc2)n1. The van der Waals surface area contributed by atoms with E-state index in [2.05, 4.69) is 67.2 Å². The number of rotatable bonds is 7. The van der Waals surface area contributed by atoms with E-state index in [-0.39, 0.29) is 5.41 Å². The third kappa shape index (κ3) is 5.12. The molecule has 0 bridgehead atoms. The zero-order valence-electron chi connectivity index (χ0n) is 16.8. The highest BCUT2D eigenvalue weighted by atomic mass is 15.3. The molecule has 0 radical (unpaired) electrons. The van der Waals surface area contributed by atoms with E-state index in [4.69, 9.17) is 5.10 Å². The number of nitrogens with zero attached hydrogens (tertiary/aromatic N) is 2. The number of unbranched alkanes of at least 4 members (excludes halogenated alkanes) is 1. The summed E-state index contributed by atoms with van der Waals surface area (Å²) in [5, 5.41) is 8.52. The van der Waals surface area contributed by atoms with E-state index >= 15 is 0 Å². The maximum Gasteiger partial charge on any atom is 0.130 e. The summed E-state index contributed by atoms with van der Waals surface area (Å²) in [6, 6.07) is 12.6. The molecular formula is C23H35N3. The van der Waals surface area contributed by atoms with Crippen molar-refractivity contribution in [3.05, 3.63) is 42.1 Å². The largest absolute Gasteiger partial charge is 0.370 e. The molecule has 0 saturated heterocycles. The summed E-state index contributed by atoms with van der Waals surface area (Å²) in [6.45, 7) is 7.69. The van der Waals surface area contributed by atoms with Crippen molar-refractivity contribution in [1.82, 2.24) is 9.78 Å². The number of aromatic nitrogens is 2. The Kier molecular flexibility index (Phi) is 6.39. The fourth-order valence-electron chi connectivity index (χ4n) is 3.89. The Bertz CT molecular complexity index is 661. The van der Waals surface area contributed by atoms with Crippen molar-refractivity contribution < 1.29 is 0 Å². The second kappa shape index (κ2) is 8.75. The number of para-hydroxylation sites is 1. The molecule has 2 aromatic rings. The maximum absolute atomic E-state index is 4.88. The highest BCUT2D eigenvalue weighted by Gasteiger charge is 2.20. The molecule has 0 atom stereocenters. The van der Waals surface area contributed by atoms with Gasteiger partial charge in [-0.15, -0.1) is 0 Å². The van der Waals surface area contributed by atoms with Gasteiger partial charge < -0.3 is 5.32 Å². The molecule has 0 amide bonds. The van der Waals surface area contributed by atoms with Crippen molar-refractivity contribution in [2.75, 3.05) is 11.9 Å². The molecule has 1 aromatic heterocycles. The maximum atomic E-state index is 4.88. The quantitative estimate of drug-likeness (QED) is 0.589. The Morgan fingerprint density at radius 2 is 1.77 bits per heavy atom. The Hall–Kier alpha value is -1.77. The minimum absolute atomic E-state index is 0.0530. The van der Waals surface area contributed by atoms with Crippen LogP contribution in [-0.4, -0.2) is 16.3 Å². The number of anilines is 1. The lowest BCUT2D eigenvalue weighted by molar-refractivity contribution is 0.331. The van der Waals surface area contributed by atoms with Crippen LogP contribution in [0.2, 0.25) is 0 Å². The molecule has 1 aliphatic rings. The molecule has 0 spiro atoms. The Morgan fingerprint density at radius 3 is 2.46 bits per heavy atom. The second-order valence-electron chi connectivity index (χ2n) is 8.84. The lowest BCUT2D eigenvalue weighted by Gasteiger charge is -2.21. The van der Waals surface area contributed by atoms with Crippen molar-refractivity contribution in [2.24, 2.45) is 5.92 Å². The van der Waals surface area contributed by atoms with Crippen molar-refractivity contribution in [1.29, 1.82) is 0 Å². The van der Waals surface area contributed by atoms with Gasteiger partial charge in [0.05, 0.1) is 11.4 Å². The first-order valence-corrected chi connectivity index (χ1v) is 10.4. The van der Waals surface area contributed by atoms with Gasteiger partial charge in [0.2, 0.25) is 0 Å². The third-order valence-electron chi connectivity index (χ3n) is 5.55.